The number of benzene rings is 1. The first-order valence-corrected chi connectivity index (χ1v) is 7.16. The lowest BCUT2D eigenvalue weighted by Crippen LogP contribution is -2.44. The highest BCUT2D eigenvalue weighted by Gasteiger charge is 2.22. The van der Waals surface area contributed by atoms with Crippen molar-refractivity contribution in [2.24, 2.45) is 0 Å². The minimum Gasteiger partial charge on any atom is -0.317 e. The molecule has 18 heavy (non-hydrogen) atoms. The van der Waals surface area contributed by atoms with Gasteiger partial charge >= 0.3 is 0 Å². The molecular formula is C15H23ClN2. The van der Waals surface area contributed by atoms with Crippen LogP contribution in [0.3, 0.4) is 0 Å². The molecule has 2 nitrogen and oxygen atoms in total. The van der Waals surface area contributed by atoms with Crippen LogP contribution in [-0.4, -0.2) is 25.7 Å². The molecule has 0 aliphatic carbocycles. The number of hydrogen-bond acceptors (Lipinski definition) is 2. The summed E-state index contributed by atoms with van der Waals surface area (Å²) in [6.07, 6.45) is 2.47. The summed E-state index contributed by atoms with van der Waals surface area (Å²) in [7, 11) is 0. The second kappa shape index (κ2) is 6.05. The van der Waals surface area contributed by atoms with Gasteiger partial charge in [0.25, 0.3) is 0 Å². The molecule has 100 valence electrons. The minimum atomic E-state index is 0.148. The van der Waals surface area contributed by atoms with E-state index in [2.05, 4.69) is 36.6 Å². The number of hydrogen-bond donors (Lipinski definition) is 2. The standard InChI is InChI=1S/C15H23ClN2/c1-15(2,12-3-5-13(16)6-4-12)11-18-14-7-9-17-10-8-14/h3-6,14,17-18H,7-11H2,1-2H3. The van der Waals surface area contributed by atoms with Gasteiger partial charge in [0.15, 0.2) is 0 Å². The molecule has 2 N–H and O–H groups in total. The van der Waals surface area contributed by atoms with Crippen molar-refractivity contribution in [1.29, 1.82) is 0 Å². The fraction of sp³-hybridized carbons (Fsp3) is 0.600. The van der Waals surface area contributed by atoms with Crippen molar-refractivity contribution >= 4 is 11.6 Å². The van der Waals surface area contributed by atoms with Crippen LogP contribution >= 0.6 is 11.6 Å². The summed E-state index contributed by atoms with van der Waals surface area (Å²) in [5, 5.41) is 7.90. The van der Waals surface area contributed by atoms with Gasteiger partial charge < -0.3 is 10.6 Å². The van der Waals surface area contributed by atoms with Crippen LogP contribution in [0.2, 0.25) is 5.02 Å². The average molecular weight is 267 g/mol. The summed E-state index contributed by atoms with van der Waals surface area (Å²) in [6, 6.07) is 8.88. The second-order valence-electron chi connectivity index (χ2n) is 5.80. The number of rotatable bonds is 4. The zero-order chi connectivity index (χ0) is 13.0. The van der Waals surface area contributed by atoms with Gasteiger partial charge in [-0.2, -0.15) is 0 Å². The quantitative estimate of drug-likeness (QED) is 0.876. The zero-order valence-electron chi connectivity index (χ0n) is 11.3. The smallest absolute Gasteiger partial charge is 0.0406 e. The lowest BCUT2D eigenvalue weighted by molar-refractivity contribution is 0.351. The predicted molar refractivity (Wildman–Crippen MR) is 78.4 cm³/mol. The first-order chi connectivity index (χ1) is 8.58. The van der Waals surface area contributed by atoms with Gasteiger partial charge in [-0.15, -0.1) is 0 Å². The highest BCUT2D eigenvalue weighted by molar-refractivity contribution is 6.30. The topological polar surface area (TPSA) is 24.1 Å². The number of piperidine rings is 1. The van der Waals surface area contributed by atoms with E-state index in [1.54, 1.807) is 0 Å². The Hall–Kier alpha value is -0.570. The molecular weight excluding hydrogens is 244 g/mol. The summed E-state index contributed by atoms with van der Waals surface area (Å²) >= 11 is 5.94. The fourth-order valence-corrected chi connectivity index (χ4v) is 2.55. The van der Waals surface area contributed by atoms with Gasteiger partial charge in [0.05, 0.1) is 0 Å². The van der Waals surface area contributed by atoms with Crippen LogP contribution in [0.4, 0.5) is 0 Å². The molecule has 1 saturated heterocycles. The largest absolute Gasteiger partial charge is 0.317 e. The van der Waals surface area contributed by atoms with Crippen LogP contribution in [0.15, 0.2) is 24.3 Å². The monoisotopic (exact) mass is 266 g/mol. The van der Waals surface area contributed by atoms with Crippen LogP contribution < -0.4 is 10.6 Å². The van der Waals surface area contributed by atoms with E-state index in [-0.39, 0.29) is 5.41 Å². The van der Waals surface area contributed by atoms with E-state index in [1.807, 2.05) is 12.1 Å². The first-order valence-electron chi connectivity index (χ1n) is 6.78. The molecule has 1 heterocycles. The van der Waals surface area contributed by atoms with E-state index in [0.29, 0.717) is 6.04 Å². The van der Waals surface area contributed by atoms with Gasteiger partial charge in [0.2, 0.25) is 0 Å². The summed E-state index contributed by atoms with van der Waals surface area (Å²) in [6.45, 7) is 7.85. The van der Waals surface area contributed by atoms with Crippen LogP contribution in [0.1, 0.15) is 32.3 Å². The van der Waals surface area contributed by atoms with E-state index in [1.165, 1.54) is 18.4 Å². The summed E-state index contributed by atoms with van der Waals surface area (Å²) in [5.41, 5.74) is 1.49. The molecule has 1 aliphatic rings. The molecule has 1 aliphatic heterocycles. The predicted octanol–water partition coefficient (Wildman–Crippen LogP) is 2.96. The van der Waals surface area contributed by atoms with Gasteiger partial charge in [-0.3, -0.25) is 0 Å². The fourth-order valence-electron chi connectivity index (χ4n) is 2.43. The maximum Gasteiger partial charge on any atom is 0.0406 e. The molecule has 0 atom stereocenters. The van der Waals surface area contributed by atoms with Crippen molar-refractivity contribution < 1.29 is 0 Å². The van der Waals surface area contributed by atoms with Gasteiger partial charge in [0.1, 0.15) is 0 Å². The molecule has 1 aromatic rings. The second-order valence-corrected chi connectivity index (χ2v) is 6.23. The Morgan fingerprint density at radius 1 is 1.22 bits per heavy atom. The highest BCUT2D eigenvalue weighted by Crippen LogP contribution is 2.24. The Kier molecular flexibility index (Phi) is 4.66. The normalized spacial score (nSPS) is 17.9. The van der Waals surface area contributed by atoms with Crippen LogP contribution in [0.25, 0.3) is 0 Å². The van der Waals surface area contributed by atoms with Gasteiger partial charge in [0, 0.05) is 23.0 Å². The molecule has 3 heteroatoms. The Morgan fingerprint density at radius 2 is 1.83 bits per heavy atom. The SMILES string of the molecule is CC(C)(CNC1CCNCC1)c1ccc(Cl)cc1. The summed E-state index contributed by atoms with van der Waals surface area (Å²) < 4.78 is 0. The Balaban J connectivity index is 1.91. The van der Waals surface area contributed by atoms with E-state index in [0.717, 1.165) is 24.7 Å². The van der Waals surface area contributed by atoms with Crippen LogP contribution in [0, 0.1) is 0 Å². The van der Waals surface area contributed by atoms with Crippen LogP contribution in [0.5, 0.6) is 0 Å². The third-order valence-electron chi connectivity index (χ3n) is 3.80. The minimum absolute atomic E-state index is 0.148. The van der Waals surface area contributed by atoms with Crippen molar-refractivity contribution in [2.45, 2.75) is 38.1 Å². The molecule has 0 aromatic heterocycles. The lowest BCUT2D eigenvalue weighted by atomic mass is 9.84. The highest BCUT2D eigenvalue weighted by atomic mass is 35.5. The van der Waals surface area contributed by atoms with Crippen molar-refractivity contribution in [1.82, 2.24) is 10.6 Å². The summed E-state index contributed by atoms with van der Waals surface area (Å²) in [5.74, 6) is 0. The van der Waals surface area contributed by atoms with Gasteiger partial charge in [-0.05, 0) is 43.6 Å². The third-order valence-corrected chi connectivity index (χ3v) is 4.05. The average Bonchev–Trinajstić information content (AvgIpc) is 2.38. The molecule has 1 fully saturated rings. The Labute approximate surface area is 115 Å². The van der Waals surface area contributed by atoms with Crippen molar-refractivity contribution in [2.75, 3.05) is 19.6 Å². The van der Waals surface area contributed by atoms with Gasteiger partial charge in [-0.1, -0.05) is 37.6 Å². The molecule has 0 amide bonds. The third kappa shape index (κ3) is 3.71. The van der Waals surface area contributed by atoms with Crippen LogP contribution in [-0.2, 0) is 5.41 Å². The molecule has 0 spiro atoms. The Bertz CT molecular complexity index is 367. The number of nitrogens with one attached hydrogen (secondary N) is 2. The maximum atomic E-state index is 5.94. The van der Waals surface area contributed by atoms with Crippen molar-refractivity contribution in [3.05, 3.63) is 34.9 Å². The molecule has 2 rings (SSSR count). The zero-order valence-corrected chi connectivity index (χ0v) is 12.1. The van der Waals surface area contributed by atoms with E-state index >= 15 is 0 Å². The molecule has 0 bridgehead atoms. The Morgan fingerprint density at radius 3 is 2.44 bits per heavy atom. The van der Waals surface area contributed by atoms with Gasteiger partial charge in [-0.25, -0.2) is 0 Å². The van der Waals surface area contributed by atoms with Crippen molar-refractivity contribution in [3.63, 3.8) is 0 Å². The van der Waals surface area contributed by atoms with Crippen molar-refractivity contribution in [3.8, 4) is 0 Å². The molecule has 0 unspecified atom stereocenters. The van der Waals surface area contributed by atoms with E-state index in [4.69, 9.17) is 11.6 Å². The van der Waals surface area contributed by atoms with E-state index in [9.17, 15) is 0 Å². The first kappa shape index (κ1) is 13.9. The van der Waals surface area contributed by atoms with E-state index < -0.39 is 0 Å². The lowest BCUT2D eigenvalue weighted by Gasteiger charge is -2.31. The number of halogens is 1. The summed E-state index contributed by atoms with van der Waals surface area (Å²) in [4.78, 5) is 0. The molecule has 0 radical (unpaired) electrons. The molecule has 0 saturated carbocycles. The molecule has 1 aromatic carbocycles. The maximum absolute atomic E-state index is 5.94.